The second kappa shape index (κ2) is 8.36. The molecule has 1 N–H and O–H groups in total. The molecule has 4 aromatic rings. The summed E-state index contributed by atoms with van der Waals surface area (Å²) in [6, 6.07) is 25.1. The number of nitrogens with zero attached hydrogens (tertiary/aromatic N) is 2. The lowest BCUT2D eigenvalue weighted by atomic mass is 10.0. The van der Waals surface area contributed by atoms with Gasteiger partial charge < -0.3 is 5.32 Å². The zero-order valence-electron chi connectivity index (χ0n) is 17.0. The van der Waals surface area contributed by atoms with Crippen LogP contribution in [0, 0.1) is 0 Å². The first-order valence-corrected chi connectivity index (χ1v) is 11.6. The number of hydrogen-bond acceptors (Lipinski definition) is 4. The number of ketones is 1. The van der Waals surface area contributed by atoms with E-state index in [1.165, 1.54) is 0 Å². The van der Waals surface area contributed by atoms with Crippen LogP contribution in [-0.4, -0.2) is 25.7 Å². The Labute approximate surface area is 187 Å². The van der Waals surface area contributed by atoms with Gasteiger partial charge in [0.2, 0.25) is 0 Å². The number of para-hydroxylation sites is 1. The highest BCUT2D eigenvalue weighted by atomic mass is 32.2. The molecular weight excluding hydrogens is 422 g/mol. The van der Waals surface area contributed by atoms with E-state index in [0.717, 1.165) is 16.9 Å². The first kappa shape index (κ1) is 20.1. The van der Waals surface area contributed by atoms with E-state index in [1.807, 2.05) is 48.5 Å². The fourth-order valence-electron chi connectivity index (χ4n) is 3.72. The lowest BCUT2D eigenvalue weighted by Gasteiger charge is -2.11. The molecule has 1 aliphatic rings. The van der Waals surface area contributed by atoms with Gasteiger partial charge in [0.15, 0.2) is 5.78 Å². The third-order valence-corrected chi connectivity index (χ3v) is 6.55. The number of benzene rings is 3. The summed E-state index contributed by atoms with van der Waals surface area (Å²) < 4.78 is 13.7. The number of nitrogens with one attached hydrogen (secondary N) is 1. The number of amides is 1. The van der Waals surface area contributed by atoms with Crippen LogP contribution in [0.3, 0.4) is 0 Å². The third kappa shape index (κ3) is 3.78. The van der Waals surface area contributed by atoms with Crippen molar-refractivity contribution in [3.8, 4) is 5.69 Å². The summed E-state index contributed by atoms with van der Waals surface area (Å²) in [6.45, 7) is 0. The fourth-order valence-corrected chi connectivity index (χ4v) is 4.99. The Morgan fingerprint density at radius 1 is 0.781 bits per heavy atom. The molecule has 5 rings (SSSR count). The van der Waals surface area contributed by atoms with Crippen molar-refractivity contribution in [3.05, 3.63) is 113 Å². The van der Waals surface area contributed by atoms with Crippen molar-refractivity contribution in [1.29, 1.82) is 0 Å². The van der Waals surface area contributed by atoms with Gasteiger partial charge in [-0.25, -0.2) is 4.68 Å². The summed E-state index contributed by atoms with van der Waals surface area (Å²) in [5.74, 6) is 0.865. The van der Waals surface area contributed by atoms with Gasteiger partial charge in [0, 0.05) is 33.1 Å². The van der Waals surface area contributed by atoms with Crippen LogP contribution >= 0.6 is 0 Å². The largest absolute Gasteiger partial charge is 0.306 e. The van der Waals surface area contributed by atoms with Gasteiger partial charge in [0.25, 0.3) is 5.91 Å². The first-order valence-electron chi connectivity index (χ1n) is 10.1. The summed E-state index contributed by atoms with van der Waals surface area (Å²) in [7, 11) is -1.01. The average molecular weight is 442 g/mol. The Morgan fingerprint density at radius 2 is 1.38 bits per heavy atom. The minimum absolute atomic E-state index is 0.0972. The molecule has 1 aliphatic heterocycles. The molecule has 0 spiro atoms. The fraction of sp³-hybridized carbons (Fsp3) is 0.0800. The molecule has 6 nitrogen and oxygen atoms in total. The molecule has 0 bridgehead atoms. The number of aromatic nitrogens is 2. The van der Waals surface area contributed by atoms with E-state index in [9.17, 15) is 13.8 Å². The Balaban J connectivity index is 1.42. The minimum Gasteiger partial charge on any atom is -0.306 e. The van der Waals surface area contributed by atoms with Gasteiger partial charge in [-0.15, -0.1) is 0 Å². The number of rotatable bonds is 5. The summed E-state index contributed by atoms with van der Waals surface area (Å²) in [5, 5.41) is 7.54. The SMILES string of the molecule is O=C(Nc1c2c(nn1-c1ccccc1)CS(=O)C2)c1ccc(C(=O)c2ccccc2)cc1. The maximum absolute atomic E-state index is 13.0. The highest BCUT2D eigenvalue weighted by Crippen LogP contribution is 2.31. The Bertz CT molecular complexity index is 1330. The number of carbonyl (C=O) groups excluding carboxylic acids is 2. The average Bonchev–Trinajstić information content (AvgIpc) is 3.36. The van der Waals surface area contributed by atoms with Crippen molar-refractivity contribution in [2.75, 3.05) is 5.32 Å². The van der Waals surface area contributed by atoms with Gasteiger partial charge in [-0.2, -0.15) is 5.10 Å². The molecule has 1 unspecified atom stereocenters. The molecular formula is C25H19N3O3S. The molecule has 0 aliphatic carbocycles. The van der Waals surface area contributed by atoms with Crippen LogP contribution in [0.15, 0.2) is 84.9 Å². The molecule has 0 saturated heterocycles. The maximum Gasteiger partial charge on any atom is 0.256 e. The quantitative estimate of drug-likeness (QED) is 0.473. The van der Waals surface area contributed by atoms with Gasteiger partial charge >= 0.3 is 0 Å². The van der Waals surface area contributed by atoms with Gasteiger partial charge in [-0.1, -0.05) is 60.7 Å². The third-order valence-electron chi connectivity index (χ3n) is 5.35. The van der Waals surface area contributed by atoms with Gasteiger partial charge in [-0.05, 0) is 24.3 Å². The van der Waals surface area contributed by atoms with Gasteiger partial charge in [0.05, 0.1) is 22.9 Å². The normalized spacial score (nSPS) is 14.7. The summed E-state index contributed by atoms with van der Waals surface area (Å²) in [4.78, 5) is 25.6. The van der Waals surface area contributed by atoms with Crippen molar-refractivity contribution >= 4 is 28.3 Å². The van der Waals surface area contributed by atoms with Crippen LogP contribution in [0.2, 0.25) is 0 Å². The van der Waals surface area contributed by atoms with E-state index in [4.69, 9.17) is 0 Å². The predicted octanol–water partition coefficient (Wildman–Crippen LogP) is 4.12. The molecule has 158 valence electrons. The van der Waals surface area contributed by atoms with E-state index in [2.05, 4.69) is 10.4 Å². The van der Waals surface area contributed by atoms with Crippen molar-refractivity contribution in [1.82, 2.24) is 9.78 Å². The standard InChI is InChI=1S/C25H19N3O3S/c29-23(17-7-3-1-4-8-17)18-11-13-19(14-12-18)25(30)26-24-21-15-32(31)16-22(21)27-28(24)20-9-5-2-6-10-20/h1-14H,15-16H2,(H,26,30). The number of hydrogen-bond donors (Lipinski definition) is 1. The van der Waals surface area contributed by atoms with Crippen LogP contribution in [0.1, 0.15) is 37.5 Å². The van der Waals surface area contributed by atoms with Crippen LogP contribution in [-0.2, 0) is 22.3 Å². The highest BCUT2D eigenvalue weighted by molar-refractivity contribution is 7.83. The monoisotopic (exact) mass is 441 g/mol. The molecule has 0 radical (unpaired) electrons. The number of fused-ring (bicyclic) bond motifs is 1. The van der Waals surface area contributed by atoms with Crippen molar-refractivity contribution < 1.29 is 13.8 Å². The van der Waals surface area contributed by atoms with E-state index < -0.39 is 10.8 Å². The first-order chi connectivity index (χ1) is 15.6. The molecule has 0 fully saturated rings. The van der Waals surface area contributed by atoms with Crippen LogP contribution in [0.4, 0.5) is 5.82 Å². The van der Waals surface area contributed by atoms with Gasteiger partial charge in [-0.3, -0.25) is 13.8 Å². The molecule has 1 amide bonds. The molecule has 7 heteroatoms. The van der Waals surface area contributed by atoms with Crippen molar-refractivity contribution in [3.63, 3.8) is 0 Å². The Kier molecular flexibility index (Phi) is 5.25. The van der Waals surface area contributed by atoms with Crippen molar-refractivity contribution in [2.45, 2.75) is 11.5 Å². The van der Waals surface area contributed by atoms with Crippen LogP contribution in [0.5, 0.6) is 0 Å². The van der Waals surface area contributed by atoms with Crippen LogP contribution in [0.25, 0.3) is 5.69 Å². The summed E-state index contributed by atoms with van der Waals surface area (Å²) in [6.07, 6.45) is 0. The van der Waals surface area contributed by atoms with E-state index >= 15 is 0 Å². The van der Waals surface area contributed by atoms with Gasteiger partial charge in [0.1, 0.15) is 5.82 Å². The van der Waals surface area contributed by atoms with Crippen molar-refractivity contribution in [2.24, 2.45) is 0 Å². The lowest BCUT2D eigenvalue weighted by Crippen LogP contribution is -2.16. The summed E-state index contributed by atoms with van der Waals surface area (Å²) >= 11 is 0. The maximum atomic E-state index is 13.0. The molecule has 3 aromatic carbocycles. The predicted molar refractivity (Wildman–Crippen MR) is 123 cm³/mol. The number of carbonyl (C=O) groups is 2. The molecule has 1 atom stereocenters. The minimum atomic E-state index is -1.01. The molecule has 1 aromatic heterocycles. The molecule has 32 heavy (non-hydrogen) atoms. The second-order valence-corrected chi connectivity index (χ2v) is 8.93. The lowest BCUT2D eigenvalue weighted by molar-refractivity contribution is 0.101. The molecule has 2 heterocycles. The number of anilines is 1. The summed E-state index contributed by atoms with van der Waals surface area (Å²) in [5.41, 5.74) is 3.89. The molecule has 0 saturated carbocycles. The van der Waals surface area contributed by atoms with E-state index in [0.29, 0.717) is 34.0 Å². The zero-order valence-corrected chi connectivity index (χ0v) is 17.8. The van der Waals surface area contributed by atoms with E-state index in [-0.39, 0.29) is 11.7 Å². The zero-order chi connectivity index (χ0) is 22.1. The second-order valence-electron chi connectivity index (χ2n) is 7.48. The topological polar surface area (TPSA) is 81.1 Å². The smallest absolute Gasteiger partial charge is 0.256 e. The van der Waals surface area contributed by atoms with Crippen LogP contribution < -0.4 is 5.32 Å². The Hall–Kier alpha value is -3.84. The van der Waals surface area contributed by atoms with E-state index in [1.54, 1.807) is 41.1 Å². The Morgan fingerprint density at radius 3 is 2.06 bits per heavy atom. The highest BCUT2D eigenvalue weighted by Gasteiger charge is 2.28.